The first-order valence-corrected chi connectivity index (χ1v) is 8.23. The van der Waals surface area contributed by atoms with Gasteiger partial charge in [0.15, 0.2) is 0 Å². The second kappa shape index (κ2) is 7.49. The van der Waals surface area contributed by atoms with Crippen molar-refractivity contribution < 1.29 is 0 Å². The van der Waals surface area contributed by atoms with E-state index in [4.69, 9.17) is 0 Å². The van der Waals surface area contributed by atoms with Gasteiger partial charge in [-0.1, -0.05) is 25.7 Å². The van der Waals surface area contributed by atoms with Crippen LogP contribution >= 0.6 is 0 Å². The van der Waals surface area contributed by atoms with E-state index in [1.54, 1.807) is 0 Å². The Kier molecular flexibility index (Phi) is 5.97. The molecule has 2 unspecified atom stereocenters. The summed E-state index contributed by atoms with van der Waals surface area (Å²) < 4.78 is 0. The molecule has 2 atom stereocenters. The zero-order chi connectivity index (χ0) is 12.8. The Bertz CT molecular complexity index is 223. The van der Waals surface area contributed by atoms with Crippen molar-refractivity contribution in [3.05, 3.63) is 0 Å². The zero-order valence-electron chi connectivity index (χ0n) is 12.5. The van der Waals surface area contributed by atoms with Gasteiger partial charge < -0.3 is 5.32 Å². The maximum absolute atomic E-state index is 3.33. The Morgan fingerprint density at radius 2 is 1.78 bits per heavy atom. The van der Waals surface area contributed by atoms with Crippen LogP contribution in [0.1, 0.15) is 64.7 Å². The Balaban J connectivity index is 1.89. The Morgan fingerprint density at radius 1 is 1.06 bits per heavy atom. The van der Waals surface area contributed by atoms with E-state index in [-0.39, 0.29) is 0 Å². The molecule has 0 bridgehead atoms. The highest BCUT2D eigenvalue weighted by molar-refractivity contribution is 4.86. The summed E-state index contributed by atoms with van der Waals surface area (Å²) in [5.41, 5.74) is 0. The number of hydrogen-bond acceptors (Lipinski definition) is 2. The third kappa shape index (κ3) is 3.71. The molecule has 0 radical (unpaired) electrons. The minimum absolute atomic E-state index is 0.826. The molecule has 1 aliphatic heterocycles. The number of nitrogens with zero attached hydrogens (tertiary/aromatic N) is 1. The number of piperidine rings is 1. The molecule has 2 aliphatic rings. The number of hydrogen-bond donors (Lipinski definition) is 1. The largest absolute Gasteiger partial charge is 0.320 e. The number of rotatable bonds is 5. The second-order valence-electron chi connectivity index (χ2n) is 6.42. The molecule has 2 heteroatoms. The fraction of sp³-hybridized carbons (Fsp3) is 1.00. The van der Waals surface area contributed by atoms with Crippen LogP contribution in [0.15, 0.2) is 0 Å². The van der Waals surface area contributed by atoms with Gasteiger partial charge >= 0.3 is 0 Å². The Hall–Kier alpha value is -0.0800. The van der Waals surface area contributed by atoms with Crippen molar-refractivity contribution in [1.82, 2.24) is 10.2 Å². The van der Waals surface area contributed by atoms with E-state index in [2.05, 4.69) is 24.2 Å². The Labute approximate surface area is 114 Å². The Morgan fingerprint density at radius 3 is 2.50 bits per heavy atom. The van der Waals surface area contributed by atoms with Crippen LogP contribution in [0.4, 0.5) is 0 Å². The van der Waals surface area contributed by atoms with E-state index in [1.165, 1.54) is 70.9 Å². The van der Waals surface area contributed by atoms with Gasteiger partial charge in [-0.3, -0.25) is 4.90 Å². The van der Waals surface area contributed by atoms with Crippen LogP contribution in [-0.2, 0) is 0 Å². The van der Waals surface area contributed by atoms with Gasteiger partial charge in [-0.25, -0.2) is 0 Å². The maximum Gasteiger partial charge on any atom is 0.0110 e. The molecule has 0 amide bonds. The minimum Gasteiger partial charge on any atom is -0.320 e. The summed E-state index contributed by atoms with van der Waals surface area (Å²) in [4.78, 5) is 2.86. The van der Waals surface area contributed by atoms with E-state index >= 15 is 0 Å². The molecular formula is C16H32N2. The zero-order valence-corrected chi connectivity index (χ0v) is 12.5. The molecule has 18 heavy (non-hydrogen) atoms. The van der Waals surface area contributed by atoms with Crippen molar-refractivity contribution in [3.8, 4) is 0 Å². The predicted molar refractivity (Wildman–Crippen MR) is 78.9 cm³/mol. The molecule has 2 fully saturated rings. The van der Waals surface area contributed by atoms with E-state index < -0.39 is 0 Å². The normalized spacial score (nSPS) is 29.3. The molecule has 106 valence electrons. The highest BCUT2D eigenvalue weighted by atomic mass is 15.2. The van der Waals surface area contributed by atoms with Gasteiger partial charge in [0, 0.05) is 12.1 Å². The van der Waals surface area contributed by atoms with Crippen LogP contribution in [0.2, 0.25) is 0 Å². The lowest BCUT2D eigenvalue weighted by Crippen LogP contribution is -2.49. The summed E-state index contributed by atoms with van der Waals surface area (Å²) >= 11 is 0. The van der Waals surface area contributed by atoms with Gasteiger partial charge in [0.1, 0.15) is 0 Å². The van der Waals surface area contributed by atoms with Crippen LogP contribution in [-0.4, -0.2) is 37.1 Å². The first-order chi connectivity index (χ1) is 8.83. The molecule has 1 saturated carbocycles. The summed E-state index contributed by atoms with van der Waals surface area (Å²) in [6.45, 7) is 5.04. The highest BCUT2D eigenvalue weighted by Crippen LogP contribution is 2.32. The molecule has 0 aromatic carbocycles. The van der Waals surface area contributed by atoms with Crippen LogP contribution in [0, 0.1) is 5.92 Å². The molecule has 2 nitrogen and oxygen atoms in total. The molecule has 1 aliphatic carbocycles. The van der Waals surface area contributed by atoms with Gasteiger partial charge in [0.05, 0.1) is 0 Å². The molecule has 0 aromatic rings. The fourth-order valence-electron chi connectivity index (χ4n) is 4.07. The predicted octanol–water partition coefficient (Wildman–Crippen LogP) is 3.42. The summed E-state index contributed by atoms with van der Waals surface area (Å²) in [5, 5.41) is 3.33. The average Bonchev–Trinajstić information content (AvgIpc) is 2.45. The SMILES string of the molecule is CNCCC1CCCCN1C(C)C1CCCCC1. The van der Waals surface area contributed by atoms with Crippen molar-refractivity contribution in [2.75, 3.05) is 20.1 Å². The monoisotopic (exact) mass is 252 g/mol. The fourth-order valence-corrected chi connectivity index (χ4v) is 4.07. The first-order valence-electron chi connectivity index (χ1n) is 8.23. The maximum atomic E-state index is 3.33. The summed E-state index contributed by atoms with van der Waals surface area (Å²) in [6.07, 6.45) is 13.0. The van der Waals surface area contributed by atoms with Gasteiger partial charge in [-0.2, -0.15) is 0 Å². The highest BCUT2D eigenvalue weighted by Gasteiger charge is 2.31. The van der Waals surface area contributed by atoms with Crippen LogP contribution < -0.4 is 5.32 Å². The van der Waals surface area contributed by atoms with Crippen LogP contribution in [0.3, 0.4) is 0 Å². The number of likely N-dealkylation sites (tertiary alicyclic amines) is 1. The van der Waals surface area contributed by atoms with Gasteiger partial charge in [0.25, 0.3) is 0 Å². The lowest BCUT2D eigenvalue weighted by atomic mass is 9.82. The number of nitrogens with one attached hydrogen (secondary N) is 1. The van der Waals surface area contributed by atoms with Crippen molar-refractivity contribution in [2.45, 2.75) is 76.8 Å². The first kappa shape index (κ1) is 14.3. The van der Waals surface area contributed by atoms with Gasteiger partial charge in [-0.05, 0) is 65.1 Å². The van der Waals surface area contributed by atoms with Crippen LogP contribution in [0.25, 0.3) is 0 Å². The van der Waals surface area contributed by atoms with Crippen molar-refractivity contribution in [3.63, 3.8) is 0 Å². The van der Waals surface area contributed by atoms with E-state index in [9.17, 15) is 0 Å². The quantitative estimate of drug-likeness (QED) is 0.806. The van der Waals surface area contributed by atoms with Crippen molar-refractivity contribution >= 4 is 0 Å². The summed E-state index contributed by atoms with van der Waals surface area (Å²) in [7, 11) is 2.08. The third-order valence-corrected chi connectivity index (χ3v) is 5.26. The average molecular weight is 252 g/mol. The summed E-state index contributed by atoms with van der Waals surface area (Å²) in [5.74, 6) is 0.980. The molecule has 2 rings (SSSR count). The smallest absolute Gasteiger partial charge is 0.0110 e. The van der Waals surface area contributed by atoms with Crippen LogP contribution in [0.5, 0.6) is 0 Å². The van der Waals surface area contributed by atoms with E-state index in [1.807, 2.05) is 0 Å². The van der Waals surface area contributed by atoms with E-state index in [0.717, 1.165) is 18.0 Å². The van der Waals surface area contributed by atoms with Gasteiger partial charge in [-0.15, -0.1) is 0 Å². The molecule has 1 saturated heterocycles. The molecule has 0 aromatic heterocycles. The lowest BCUT2D eigenvalue weighted by Gasteiger charge is -2.44. The summed E-state index contributed by atoms with van der Waals surface area (Å²) in [6, 6.07) is 1.68. The minimum atomic E-state index is 0.826. The second-order valence-corrected chi connectivity index (χ2v) is 6.42. The molecule has 1 heterocycles. The topological polar surface area (TPSA) is 15.3 Å². The van der Waals surface area contributed by atoms with Crippen molar-refractivity contribution in [2.24, 2.45) is 5.92 Å². The molecule has 0 spiro atoms. The molecule has 1 N–H and O–H groups in total. The third-order valence-electron chi connectivity index (χ3n) is 5.26. The molecular weight excluding hydrogens is 220 g/mol. The van der Waals surface area contributed by atoms with Crippen molar-refractivity contribution in [1.29, 1.82) is 0 Å². The van der Waals surface area contributed by atoms with Gasteiger partial charge in [0.2, 0.25) is 0 Å². The standard InChI is InChI=1S/C16H32N2/c1-14(15-8-4-3-5-9-15)18-13-7-6-10-16(18)11-12-17-2/h14-17H,3-13H2,1-2H3. The lowest BCUT2D eigenvalue weighted by molar-refractivity contribution is 0.0544. The van der Waals surface area contributed by atoms with E-state index in [0.29, 0.717) is 0 Å².